The van der Waals surface area contributed by atoms with Crippen LogP contribution in [0.4, 0.5) is 0 Å². The molecule has 0 spiro atoms. The maximum absolute atomic E-state index is 5.62. The Hall–Kier alpha value is -1.38. The number of benzene rings is 1. The van der Waals surface area contributed by atoms with Crippen molar-refractivity contribution in [3.8, 4) is 11.5 Å². The predicted molar refractivity (Wildman–Crippen MR) is 59.9 cm³/mol. The molecule has 0 saturated heterocycles. The Bertz CT molecular complexity index is 385. The number of rotatable bonds is 2. The van der Waals surface area contributed by atoms with E-state index in [4.69, 9.17) is 9.31 Å². The summed E-state index contributed by atoms with van der Waals surface area (Å²) in [5.74, 6) is 3.70. The van der Waals surface area contributed by atoms with E-state index in [9.17, 15) is 0 Å². The van der Waals surface area contributed by atoms with Gasteiger partial charge in [-0.1, -0.05) is 25.1 Å². The average Bonchev–Trinajstić information content (AvgIpc) is 2.83. The maximum atomic E-state index is 5.62. The van der Waals surface area contributed by atoms with Gasteiger partial charge in [0, 0.05) is 0 Å². The van der Waals surface area contributed by atoms with Gasteiger partial charge in [0.1, 0.15) is 11.5 Å². The molecule has 3 rings (SSSR count). The molecule has 0 aromatic heterocycles. The number of allylic oxidation sites excluding steroid dienone is 1. The smallest absolute Gasteiger partial charge is 0.520 e. The molecule has 1 fully saturated rings. The van der Waals surface area contributed by atoms with Crippen LogP contribution in [0.15, 0.2) is 36.3 Å². The summed E-state index contributed by atoms with van der Waals surface area (Å²) in [5, 5.41) is 0. The van der Waals surface area contributed by atoms with E-state index in [1.54, 1.807) is 0 Å². The van der Waals surface area contributed by atoms with Gasteiger partial charge in [-0.2, -0.15) is 0 Å². The Morgan fingerprint density at radius 2 is 1.80 bits per heavy atom. The quantitative estimate of drug-likeness (QED) is 0.683. The number of hydrogen-bond donors (Lipinski definition) is 0. The molecule has 1 aliphatic heterocycles. The summed E-state index contributed by atoms with van der Waals surface area (Å²) >= 11 is 0. The lowest BCUT2D eigenvalue weighted by molar-refractivity contribution is 0.516. The van der Waals surface area contributed by atoms with Crippen LogP contribution in [-0.2, 0) is 0 Å². The van der Waals surface area contributed by atoms with E-state index in [2.05, 4.69) is 13.0 Å². The van der Waals surface area contributed by atoms with Gasteiger partial charge in [0.25, 0.3) is 0 Å². The molecule has 0 amide bonds. The molecule has 15 heavy (non-hydrogen) atoms. The Morgan fingerprint density at radius 3 is 2.33 bits per heavy atom. The van der Waals surface area contributed by atoms with E-state index in [-0.39, 0.29) is 7.12 Å². The van der Waals surface area contributed by atoms with Crippen molar-refractivity contribution in [2.75, 3.05) is 0 Å². The van der Waals surface area contributed by atoms with Crippen molar-refractivity contribution < 1.29 is 9.31 Å². The van der Waals surface area contributed by atoms with Crippen LogP contribution in [0.5, 0.6) is 11.5 Å². The minimum Gasteiger partial charge on any atom is -0.520 e. The first-order valence-corrected chi connectivity index (χ1v) is 5.37. The second-order valence-corrected chi connectivity index (χ2v) is 4.56. The summed E-state index contributed by atoms with van der Waals surface area (Å²) < 4.78 is 11.2. The summed E-state index contributed by atoms with van der Waals surface area (Å²) in [6.07, 6.45) is 4.77. The van der Waals surface area contributed by atoms with Crippen molar-refractivity contribution in [3.63, 3.8) is 0 Å². The second kappa shape index (κ2) is 3.06. The highest BCUT2D eigenvalue weighted by Gasteiger charge is 2.36. The summed E-state index contributed by atoms with van der Waals surface area (Å²) in [5.41, 5.74) is 0.404. The van der Waals surface area contributed by atoms with Crippen molar-refractivity contribution in [1.82, 2.24) is 0 Å². The Kier molecular flexibility index (Phi) is 1.81. The number of fused-ring (bicyclic) bond motifs is 1. The monoisotopic (exact) mass is 200 g/mol. The van der Waals surface area contributed by atoms with Gasteiger partial charge in [-0.15, -0.1) is 0 Å². The summed E-state index contributed by atoms with van der Waals surface area (Å²) in [6.45, 7) is 2.26. The molecule has 0 bridgehead atoms. The third-order valence-electron chi connectivity index (χ3n) is 3.03. The molecule has 2 aliphatic rings. The maximum Gasteiger partial charge on any atom is 0.624 e. The Morgan fingerprint density at radius 1 is 1.20 bits per heavy atom. The molecule has 1 aliphatic carbocycles. The van der Waals surface area contributed by atoms with E-state index in [0.29, 0.717) is 5.41 Å². The van der Waals surface area contributed by atoms with Gasteiger partial charge < -0.3 is 9.31 Å². The van der Waals surface area contributed by atoms with Gasteiger partial charge in [0.05, 0.1) is 0 Å². The van der Waals surface area contributed by atoms with Gasteiger partial charge in [-0.05, 0) is 36.4 Å². The molecule has 1 saturated carbocycles. The fourth-order valence-corrected chi connectivity index (χ4v) is 1.67. The lowest BCUT2D eigenvalue weighted by Crippen LogP contribution is -2.21. The highest BCUT2D eigenvalue weighted by atomic mass is 16.6. The van der Waals surface area contributed by atoms with Crippen LogP contribution in [0.2, 0.25) is 0 Å². The largest absolute Gasteiger partial charge is 0.624 e. The summed E-state index contributed by atoms with van der Waals surface area (Å²) in [6, 6.07) is 7.77. The van der Waals surface area contributed by atoms with Crippen LogP contribution in [0, 0.1) is 5.41 Å². The minimum absolute atomic E-state index is 0.236. The zero-order valence-electron chi connectivity index (χ0n) is 8.77. The minimum atomic E-state index is -0.236. The molecule has 1 aromatic carbocycles. The molecular weight excluding hydrogens is 187 g/mol. The fourth-order valence-electron chi connectivity index (χ4n) is 1.67. The molecular formula is C12H13BO2. The third-order valence-corrected chi connectivity index (χ3v) is 3.03. The lowest BCUT2D eigenvalue weighted by atomic mass is 9.88. The van der Waals surface area contributed by atoms with E-state index in [1.807, 2.05) is 30.2 Å². The topological polar surface area (TPSA) is 18.5 Å². The molecule has 0 unspecified atom stereocenters. The molecule has 1 aromatic rings. The molecule has 1 heterocycles. The highest BCUT2D eigenvalue weighted by Crippen LogP contribution is 2.46. The number of hydrogen-bond acceptors (Lipinski definition) is 2. The SMILES string of the molecule is CC1(/C=C/B2Oc3ccccc3O2)CC1. The van der Waals surface area contributed by atoms with Gasteiger partial charge in [0.2, 0.25) is 0 Å². The van der Waals surface area contributed by atoms with E-state index >= 15 is 0 Å². The first kappa shape index (κ1) is 8.90. The van der Waals surface area contributed by atoms with Crippen LogP contribution < -0.4 is 9.31 Å². The van der Waals surface area contributed by atoms with Crippen LogP contribution >= 0.6 is 0 Å². The van der Waals surface area contributed by atoms with Crippen LogP contribution in [0.3, 0.4) is 0 Å². The van der Waals surface area contributed by atoms with Crippen LogP contribution in [-0.4, -0.2) is 7.12 Å². The summed E-state index contributed by atoms with van der Waals surface area (Å²) in [7, 11) is -0.236. The normalized spacial score (nSPS) is 21.0. The van der Waals surface area contributed by atoms with Gasteiger partial charge in [-0.25, -0.2) is 0 Å². The van der Waals surface area contributed by atoms with Crippen molar-refractivity contribution in [3.05, 3.63) is 36.3 Å². The fraction of sp³-hybridized carbons (Fsp3) is 0.333. The number of para-hydroxylation sites is 2. The first-order chi connectivity index (χ1) is 7.25. The molecule has 0 N–H and O–H groups in total. The van der Waals surface area contributed by atoms with Crippen molar-refractivity contribution in [1.29, 1.82) is 0 Å². The van der Waals surface area contributed by atoms with Crippen LogP contribution in [0.1, 0.15) is 19.8 Å². The highest BCUT2D eigenvalue weighted by molar-refractivity contribution is 6.53. The first-order valence-electron chi connectivity index (χ1n) is 5.37. The second-order valence-electron chi connectivity index (χ2n) is 4.56. The van der Waals surface area contributed by atoms with Crippen molar-refractivity contribution in [2.45, 2.75) is 19.8 Å². The molecule has 0 radical (unpaired) electrons. The lowest BCUT2D eigenvalue weighted by Gasteiger charge is -2.00. The molecule has 2 nitrogen and oxygen atoms in total. The van der Waals surface area contributed by atoms with E-state index < -0.39 is 0 Å². The molecule has 0 atom stereocenters. The molecule has 3 heteroatoms. The van der Waals surface area contributed by atoms with Gasteiger partial charge >= 0.3 is 7.12 Å². The van der Waals surface area contributed by atoms with E-state index in [0.717, 1.165) is 11.5 Å². The molecule has 76 valence electrons. The van der Waals surface area contributed by atoms with Crippen molar-refractivity contribution in [2.24, 2.45) is 5.41 Å². The predicted octanol–water partition coefficient (Wildman–Crippen LogP) is 2.84. The van der Waals surface area contributed by atoms with Crippen molar-refractivity contribution >= 4 is 7.12 Å². The van der Waals surface area contributed by atoms with Gasteiger partial charge in [-0.3, -0.25) is 0 Å². The summed E-state index contributed by atoms with van der Waals surface area (Å²) in [4.78, 5) is 0. The standard InChI is InChI=1S/C12H13BO2/c1-12(6-7-12)8-9-13-14-10-4-2-3-5-11(10)15-13/h2-5,8-9H,6-7H2,1H3/b9-8+. The zero-order chi connectivity index (χ0) is 10.3. The Labute approximate surface area is 90.0 Å². The van der Waals surface area contributed by atoms with Crippen LogP contribution in [0.25, 0.3) is 0 Å². The average molecular weight is 200 g/mol. The van der Waals surface area contributed by atoms with E-state index in [1.165, 1.54) is 12.8 Å². The Balaban J connectivity index is 1.71. The van der Waals surface area contributed by atoms with Gasteiger partial charge in [0.15, 0.2) is 0 Å². The third kappa shape index (κ3) is 1.74. The zero-order valence-corrected chi connectivity index (χ0v) is 8.77.